The molecule has 0 rings (SSSR count). The smallest absolute Gasteiger partial charge is 0.325 e. The summed E-state index contributed by atoms with van der Waals surface area (Å²) < 4.78 is 0. The van der Waals surface area contributed by atoms with Gasteiger partial charge in [0, 0.05) is 6.42 Å². The molecule has 0 saturated heterocycles. The predicted octanol–water partition coefficient (Wildman–Crippen LogP) is 3.98. The maximum absolute atomic E-state index is 11.6. The molecule has 0 aliphatic rings. The van der Waals surface area contributed by atoms with Gasteiger partial charge < -0.3 is 10.8 Å². The average Bonchev–Trinajstić information content (AvgIpc) is 2.57. The van der Waals surface area contributed by atoms with Gasteiger partial charge in [-0.05, 0) is 6.42 Å². The molecule has 0 unspecified atom stereocenters. The van der Waals surface area contributed by atoms with E-state index in [0.29, 0.717) is 6.42 Å². The minimum atomic E-state index is -1.08. The molecule has 0 aromatic rings. The van der Waals surface area contributed by atoms with Crippen molar-refractivity contribution in [2.45, 2.75) is 96.8 Å². The highest BCUT2D eigenvalue weighted by atomic mass is 16.4. The summed E-state index contributed by atoms with van der Waals surface area (Å²) in [6.45, 7) is 1.82. The summed E-state index contributed by atoms with van der Waals surface area (Å²) in [5.41, 5.74) is 5.42. The molecule has 0 aliphatic carbocycles. The summed E-state index contributed by atoms with van der Waals surface area (Å²) in [7, 11) is 0. The first-order valence-corrected chi connectivity index (χ1v) is 9.87. The summed E-state index contributed by atoms with van der Waals surface area (Å²) >= 11 is 0. The van der Waals surface area contributed by atoms with E-state index in [1.54, 1.807) is 0 Å². The van der Waals surface area contributed by atoms with Gasteiger partial charge in [0.05, 0.1) is 0 Å². The molecule has 1 amide bonds. The topological polar surface area (TPSA) is 105 Å². The number of aliphatic carboxylic acids is 1. The van der Waals surface area contributed by atoms with Crippen molar-refractivity contribution in [3.05, 3.63) is 0 Å². The van der Waals surface area contributed by atoms with E-state index in [0.717, 1.165) is 19.3 Å². The molecule has 0 bridgehead atoms. The zero-order valence-electron chi connectivity index (χ0n) is 15.9. The number of hydrogen-bond donors (Lipinski definition) is 3. The Hall–Kier alpha value is -1.59. The van der Waals surface area contributed by atoms with Gasteiger partial charge in [-0.3, -0.25) is 14.9 Å². The van der Waals surface area contributed by atoms with E-state index in [1.165, 1.54) is 64.2 Å². The third-order valence-corrected chi connectivity index (χ3v) is 4.16. The molecule has 0 aliphatic heterocycles. The van der Waals surface area contributed by atoms with Gasteiger partial charge in [0.2, 0.25) is 5.91 Å². The van der Waals surface area contributed by atoms with Crippen LogP contribution in [-0.4, -0.2) is 29.5 Å². The van der Waals surface area contributed by atoms with Crippen molar-refractivity contribution in [3.8, 4) is 0 Å². The fourth-order valence-corrected chi connectivity index (χ4v) is 2.70. The van der Waals surface area contributed by atoms with Gasteiger partial charge in [0.1, 0.15) is 6.54 Å². The number of hydrogen-bond acceptors (Lipinski definition) is 3. The van der Waals surface area contributed by atoms with E-state index in [-0.39, 0.29) is 11.9 Å². The number of rotatable bonds is 16. The molecule has 4 N–H and O–H groups in total. The number of nitrogens with zero attached hydrogens (tertiary/aromatic N) is 1. The van der Waals surface area contributed by atoms with E-state index < -0.39 is 12.5 Å². The van der Waals surface area contributed by atoms with Crippen molar-refractivity contribution in [2.24, 2.45) is 10.7 Å². The maximum Gasteiger partial charge on any atom is 0.325 e. The van der Waals surface area contributed by atoms with Crippen molar-refractivity contribution in [1.29, 1.82) is 0 Å². The van der Waals surface area contributed by atoms with Crippen molar-refractivity contribution >= 4 is 17.8 Å². The quantitative estimate of drug-likeness (QED) is 0.221. The maximum atomic E-state index is 11.6. The number of nitrogens with one attached hydrogen (secondary N) is 1. The van der Waals surface area contributed by atoms with Crippen LogP contribution in [-0.2, 0) is 9.59 Å². The van der Waals surface area contributed by atoms with Gasteiger partial charge in [-0.2, -0.15) is 0 Å². The molecule has 0 fully saturated rings. The van der Waals surface area contributed by atoms with Crippen molar-refractivity contribution in [1.82, 2.24) is 5.32 Å². The Balaban J connectivity index is 3.34. The Morgan fingerprint density at radius 1 is 0.840 bits per heavy atom. The van der Waals surface area contributed by atoms with Gasteiger partial charge in [-0.1, -0.05) is 84.0 Å². The molecule has 0 aromatic carbocycles. The number of guanidine groups is 1. The number of carboxylic acids is 1. The third-order valence-electron chi connectivity index (χ3n) is 4.16. The van der Waals surface area contributed by atoms with Crippen LogP contribution in [0.3, 0.4) is 0 Å². The second kappa shape index (κ2) is 17.2. The normalized spacial score (nSPS) is 11.5. The van der Waals surface area contributed by atoms with Gasteiger partial charge in [0.15, 0.2) is 5.96 Å². The van der Waals surface area contributed by atoms with E-state index in [1.807, 2.05) is 0 Å². The number of carbonyl (C=O) groups is 2. The second-order valence-electron chi connectivity index (χ2n) is 6.64. The highest BCUT2D eigenvalue weighted by molar-refractivity contribution is 5.96. The van der Waals surface area contributed by atoms with Crippen LogP contribution in [0, 0.1) is 0 Å². The molecule has 0 saturated carbocycles. The van der Waals surface area contributed by atoms with Crippen LogP contribution in [0.1, 0.15) is 96.8 Å². The summed E-state index contributed by atoms with van der Waals surface area (Å²) in [5.74, 6) is -1.40. The van der Waals surface area contributed by atoms with E-state index in [4.69, 9.17) is 10.8 Å². The first-order valence-electron chi connectivity index (χ1n) is 9.87. The van der Waals surface area contributed by atoms with E-state index >= 15 is 0 Å². The second-order valence-corrected chi connectivity index (χ2v) is 6.64. The summed E-state index contributed by atoms with van der Waals surface area (Å²) in [6, 6.07) is 0. The van der Waals surface area contributed by atoms with E-state index in [2.05, 4.69) is 17.2 Å². The number of carbonyl (C=O) groups excluding carboxylic acids is 1. The molecule has 6 heteroatoms. The van der Waals surface area contributed by atoms with Crippen LogP contribution in [0.5, 0.6) is 0 Å². The van der Waals surface area contributed by atoms with Gasteiger partial charge in [-0.15, -0.1) is 0 Å². The minimum Gasteiger partial charge on any atom is -0.480 e. The molecule has 0 aromatic heterocycles. The highest BCUT2D eigenvalue weighted by Crippen LogP contribution is 2.12. The van der Waals surface area contributed by atoms with Crippen LogP contribution in [0.4, 0.5) is 0 Å². The monoisotopic (exact) mass is 355 g/mol. The Labute approximate surface area is 152 Å². The lowest BCUT2D eigenvalue weighted by molar-refractivity contribution is -0.135. The van der Waals surface area contributed by atoms with Crippen molar-refractivity contribution < 1.29 is 14.7 Å². The lowest BCUT2D eigenvalue weighted by Gasteiger charge is -2.04. The van der Waals surface area contributed by atoms with Gasteiger partial charge >= 0.3 is 5.97 Å². The first kappa shape index (κ1) is 23.4. The van der Waals surface area contributed by atoms with Crippen LogP contribution in [0.15, 0.2) is 4.99 Å². The molecule has 0 spiro atoms. The van der Waals surface area contributed by atoms with Crippen molar-refractivity contribution in [2.75, 3.05) is 6.54 Å². The number of carboxylic acid groups (broad SMARTS) is 1. The molecular formula is C19H37N3O3. The Bertz CT molecular complexity index is 384. The molecule has 146 valence electrons. The fraction of sp³-hybridized carbons (Fsp3) is 0.842. The Morgan fingerprint density at radius 3 is 1.72 bits per heavy atom. The van der Waals surface area contributed by atoms with Crippen LogP contribution in [0.2, 0.25) is 0 Å². The van der Waals surface area contributed by atoms with Crippen LogP contribution >= 0.6 is 0 Å². The fourth-order valence-electron chi connectivity index (χ4n) is 2.70. The minimum absolute atomic E-state index is 0.123. The molecule has 6 nitrogen and oxygen atoms in total. The number of aliphatic imine (C=N–C) groups is 1. The summed E-state index contributed by atoms with van der Waals surface area (Å²) in [5, 5.41) is 10.9. The first-order chi connectivity index (χ1) is 12.1. The Morgan fingerprint density at radius 2 is 1.28 bits per heavy atom. The summed E-state index contributed by atoms with van der Waals surface area (Å²) in [6.07, 6.45) is 16.8. The Kier molecular flexibility index (Phi) is 16.1. The van der Waals surface area contributed by atoms with Crippen LogP contribution < -0.4 is 11.1 Å². The molecule has 0 heterocycles. The SMILES string of the molecule is CCCCCCCCCCCCCCCC(=O)NC(N)=NCC(=O)O. The third kappa shape index (κ3) is 18.6. The lowest BCUT2D eigenvalue weighted by atomic mass is 10.0. The molecule has 0 atom stereocenters. The largest absolute Gasteiger partial charge is 0.480 e. The van der Waals surface area contributed by atoms with Crippen molar-refractivity contribution in [3.63, 3.8) is 0 Å². The lowest BCUT2D eigenvalue weighted by Crippen LogP contribution is -2.37. The molecular weight excluding hydrogens is 318 g/mol. The number of nitrogens with two attached hydrogens (primary N) is 1. The zero-order chi connectivity index (χ0) is 18.8. The standard InChI is InChI=1S/C19H37N3O3/c1-2-3-4-5-6-7-8-9-10-11-12-13-14-15-17(23)22-19(20)21-16-18(24)25/h2-16H2,1H3,(H,24,25)(H3,20,21,22,23). The zero-order valence-corrected chi connectivity index (χ0v) is 15.9. The van der Waals surface area contributed by atoms with Gasteiger partial charge in [-0.25, -0.2) is 4.99 Å². The van der Waals surface area contributed by atoms with Gasteiger partial charge in [0.25, 0.3) is 0 Å². The van der Waals surface area contributed by atoms with E-state index in [9.17, 15) is 9.59 Å². The molecule has 25 heavy (non-hydrogen) atoms. The number of amides is 1. The summed E-state index contributed by atoms with van der Waals surface area (Å²) in [4.78, 5) is 25.4. The predicted molar refractivity (Wildman–Crippen MR) is 103 cm³/mol. The molecule has 0 radical (unpaired) electrons. The highest BCUT2D eigenvalue weighted by Gasteiger charge is 2.03. The van der Waals surface area contributed by atoms with Crippen LogP contribution in [0.25, 0.3) is 0 Å². The average molecular weight is 356 g/mol. The number of unbranched alkanes of at least 4 members (excludes halogenated alkanes) is 12.